The molecule has 0 saturated carbocycles. The van der Waals surface area contributed by atoms with Gasteiger partial charge in [-0.25, -0.2) is 0 Å². The van der Waals surface area contributed by atoms with Gasteiger partial charge >= 0.3 is 0 Å². The second-order valence-corrected chi connectivity index (χ2v) is 7.65. The van der Waals surface area contributed by atoms with Crippen molar-refractivity contribution >= 4 is 17.5 Å². The van der Waals surface area contributed by atoms with Crippen molar-refractivity contribution < 1.29 is 19.1 Å². The number of ether oxygens (including phenoxy) is 2. The van der Waals surface area contributed by atoms with Crippen LogP contribution in [0.15, 0.2) is 72.8 Å². The summed E-state index contributed by atoms with van der Waals surface area (Å²) in [6, 6.07) is 22.3. The first kappa shape index (κ1) is 21.4. The van der Waals surface area contributed by atoms with Crippen molar-refractivity contribution in [2.45, 2.75) is 13.0 Å². The van der Waals surface area contributed by atoms with E-state index in [-0.39, 0.29) is 11.8 Å². The Labute approximate surface area is 188 Å². The molecule has 6 nitrogen and oxygen atoms in total. The Hall–Kier alpha value is -3.80. The molecule has 0 unspecified atom stereocenters. The quantitative estimate of drug-likeness (QED) is 0.607. The number of piperazine rings is 1. The maximum atomic E-state index is 13.4. The number of amides is 2. The molecule has 1 aliphatic heterocycles. The van der Waals surface area contributed by atoms with Crippen LogP contribution in [0.1, 0.15) is 17.3 Å². The van der Waals surface area contributed by atoms with Gasteiger partial charge in [-0.2, -0.15) is 0 Å². The highest BCUT2D eigenvalue weighted by Crippen LogP contribution is 2.33. The maximum absolute atomic E-state index is 13.4. The zero-order valence-electron chi connectivity index (χ0n) is 18.4. The summed E-state index contributed by atoms with van der Waals surface area (Å²) in [5, 5.41) is 0. The third-order valence-corrected chi connectivity index (χ3v) is 5.79. The summed E-state index contributed by atoms with van der Waals surface area (Å²) in [7, 11) is 3.08. The van der Waals surface area contributed by atoms with Crippen LogP contribution in [0, 0.1) is 0 Å². The van der Waals surface area contributed by atoms with Gasteiger partial charge in [0.15, 0.2) is 0 Å². The molecule has 164 valence electrons. The van der Waals surface area contributed by atoms with Crippen molar-refractivity contribution in [1.82, 2.24) is 4.90 Å². The fraction of sp³-hybridized carbons (Fsp3) is 0.231. The predicted molar refractivity (Wildman–Crippen MR) is 124 cm³/mol. The highest BCUT2D eigenvalue weighted by Gasteiger charge is 2.36. The molecule has 1 atom stereocenters. The lowest BCUT2D eigenvalue weighted by Gasteiger charge is -2.39. The summed E-state index contributed by atoms with van der Waals surface area (Å²) in [4.78, 5) is 30.0. The molecule has 32 heavy (non-hydrogen) atoms. The highest BCUT2D eigenvalue weighted by atomic mass is 16.5. The van der Waals surface area contributed by atoms with E-state index in [0.717, 1.165) is 16.8 Å². The average molecular weight is 431 g/mol. The summed E-state index contributed by atoms with van der Waals surface area (Å²) < 4.78 is 10.6. The molecule has 3 aromatic carbocycles. The standard InChI is InChI=1S/C26H26N2O4/c1-18-25(29)28(24-12-8-7-11-23(24)19-9-5-4-6-10-19)14-13-27(18)26(30)20-15-21(31-2)17-22(16-20)32-3/h4-12,15-18H,13-14H2,1-3H3/t18-/m1/s1. The number of para-hydroxylation sites is 1. The van der Waals surface area contributed by atoms with Gasteiger partial charge in [0.1, 0.15) is 17.5 Å². The number of hydrogen-bond donors (Lipinski definition) is 0. The summed E-state index contributed by atoms with van der Waals surface area (Å²) in [6.07, 6.45) is 0. The van der Waals surface area contributed by atoms with Gasteiger partial charge in [0.05, 0.1) is 19.9 Å². The predicted octanol–water partition coefficient (Wildman–Crippen LogP) is 4.25. The first-order valence-corrected chi connectivity index (χ1v) is 10.5. The van der Waals surface area contributed by atoms with E-state index in [1.807, 2.05) is 54.6 Å². The van der Waals surface area contributed by atoms with Crippen molar-refractivity contribution in [2.75, 3.05) is 32.2 Å². The minimum absolute atomic E-state index is 0.108. The smallest absolute Gasteiger partial charge is 0.254 e. The van der Waals surface area contributed by atoms with Crippen molar-refractivity contribution in [3.05, 3.63) is 78.4 Å². The number of benzene rings is 3. The van der Waals surface area contributed by atoms with Gasteiger partial charge in [-0.1, -0.05) is 48.5 Å². The van der Waals surface area contributed by atoms with Crippen LogP contribution >= 0.6 is 0 Å². The normalized spacial score (nSPS) is 16.1. The molecule has 1 fully saturated rings. The molecule has 0 radical (unpaired) electrons. The van der Waals surface area contributed by atoms with Crippen LogP contribution in [0.25, 0.3) is 11.1 Å². The van der Waals surface area contributed by atoms with Crippen LogP contribution in [-0.4, -0.2) is 50.1 Å². The Bertz CT molecular complexity index is 1110. The summed E-state index contributed by atoms with van der Waals surface area (Å²) in [5.41, 5.74) is 3.32. The zero-order valence-corrected chi connectivity index (χ0v) is 18.4. The van der Waals surface area contributed by atoms with Gasteiger partial charge in [-0.3, -0.25) is 9.59 Å². The number of nitrogens with zero attached hydrogens (tertiary/aromatic N) is 2. The second kappa shape index (κ2) is 9.14. The molecule has 2 amide bonds. The van der Waals surface area contributed by atoms with Crippen molar-refractivity contribution in [3.63, 3.8) is 0 Å². The molecule has 0 spiro atoms. The van der Waals surface area contributed by atoms with Crippen molar-refractivity contribution in [2.24, 2.45) is 0 Å². The van der Waals surface area contributed by atoms with Gasteiger partial charge in [0.2, 0.25) is 5.91 Å². The largest absolute Gasteiger partial charge is 0.497 e. The van der Waals surface area contributed by atoms with E-state index in [1.165, 1.54) is 14.2 Å². The van der Waals surface area contributed by atoms with Crippen LogP contribution < -0.4 is 14.4 Å². The fourth-order valence-corrected chi connectivity index (χ4v) is 4.05. The first-order chi connectivity index (χ1) is 15.5. The molecule has 4 rings (SSSR count). The van der Waals surface area contributed by atoms with Gasteiger partial charge in [-0.15, -0.1) is 0 Å². The van der Waals surface area contributed by atoms with E-state index in [1.54, 1.807) is 34.9 Å². The van der Waals surface area contributed by atoms with E-state index >= 15 is 0 Å². The van der Waals surface area contributed by atoms with Crippen LogP contribution in [-0.2, 0) is 4.79 Å². The van der Waals surface area contributed by atoms with E-state index in [9.17, 15) is 9.59 Å². The lowest BCUT2D eigenvalue weighted by atomic mass is 10.0. The Kier molecular flexibility index (Phi) is 6.12. The molecule has 0 N–H and O–H groups in total. The monoisotopic (exact) mass is 430 g/mol. The van der Waals surface area contributed by atoms with Crippen LogP contribution in [0.5, 0.6) is 11.5 Å². The molecule has 3 aromatic rings. The van der Waals surface area contributed by atoms with E-state index in [4.69, 9.17) is 9.47 Å². The summed E-state index contributed by atoms with van der Waals surface area (Å²) in [6.45, 7) is 2.61. The van der Waals surface area contributed by atoms with E-state index in [2.05, 4.69) is 0 Å². The van der Waals surface area contributed by atoms with Crippen LogP contribution in [0.3, 0.4) is 0 Å². The molecule has 1 saturated heterocycles. The third kappa shape index (κ3) is 4.04. The topological polar surface area (TPSA) is 59.1 Å². The molecular weight excluding hydrogens is 404 g/mol. The number of hydrogen-bond acceptors (Lipinski definition) is 4. The highest BCUT2D eigenvalue weighted by molar-refractivity contribution is 6.05. The minimum atomic E-state index is -0.600. The second-order valence-electron chi connectivity index (χ2n) is 7.65. The number of carbonyl (C=O) groups is 2. The Morgan fingerprint density at radius 2 is 1.50 bits per heavy atom. The fourth-order valence-electron chi connectivity index (χ4n) is 4.05. The zero-order chi connectivity index (χ0) is 22.7. The molecular formula is C26H26N2O4. The Morgan fingerprint density at radius 1 is 0.875 bits per heavy atom. The van der Waals surface area contributed by atoms with Crippen LogP contribution in [0.2, 0.25) is 0 Å². The third-order valence-electron chi connectivity index (χ3n) is 5.79. The van der Waals surface area contributed by atoms with Crippen molar-refractivity contribution in [1.29, 1.82) is 0 Å². The molecule has 6 heteroatoms. The lowest BCUT2D eigenvalue weighted by Crippen LogP contribution is -2.57. The Morgan fingerprint density at radius 3 is 2.16 bits per heavy atom. The summed E-state index contributed by atoms with van der Waals surface area (Å²) >= 11 is 0. The molecule has 0 aliphatic carbocycles. The van der Waals surface area contributed by atoms with E-state index < -0.39 is 6.04 Å². The lowest BCUT2D eigenvalue weighted by molar-refractivity contribution is -0.124. The van der Waals surface area contributed by atoms with E-state index in [0.29, 0.717) is 30.2 Å². The maximum Gasteiger partial charge on any atom is 0.254 e. The SMILES string of the molecule is COc1cc(OC)cc(C(=O)N2CCN(c3ccccc3-c3ccccc3)C(=O)[C@H]2C)c1. The van der Waals surface area contributed by atoms with Crippen LogP contribution in [0.4, 0.5) is 5.69 Å². The molecule has 0 aromatic heterocycles. The average Bonchev–Trinajstić information content (AvgIpc) is 2.85. The van der Waals surface area contributed by atoms with Gasteiger partial charge in [0.25, 0.3) is 5.91 Å². The van der Waals surface area contributed by atoms with Gasteiger partial charge in [-0.05, 0) is 30.7 Å². The minimum Gasteiger partial charge on any atom is -0.497 e. The molecule has 1 aliphatic rings. The number of rotatable bonds is 5. The van der Waals surface area contributed by atoms with Crippen molar-refractivity contribution in [3.8, 4) is 22.6 Å². The Balaban J connectivity index is 1.61. The van der Waals surface area contributed by atoms with Gasteiger partial charge in [0, 0.05) is 30.3 Å². The first-order valence-electron chi connectivity index (χ1n) is 10.5. The molecule has 0 bridgehead atoms. The van der Waals surface area contributed by atoms with Gasteiger partial charge < -0.3 is 19.3 Å². The number of methoxy groups -OCH3 is 2. The summed E-state index contributed by atoms with van der Waals surface area (Å²) in [5.74, 6) is 0.728. The number of carbonyl (C=O) groups excluding carboxylic acids is 2. The number of anilines is 1. The molecule has 1 heterocycles.